The van der Waals surface area contributed by atoms with E-state index >= 15 is 0 Å². The first-order valence-corrected chi connectivity index (χ1v) is 10.5. The third-order valence-corrected chi connectivity index (χ3v) is 5.51. The van der Waals surface area contributed by atoms with Crippen molar-refractivity contribution in [3.05, 3.63) is 65.7 Å². The monoisotopic (exact) mass is 388 g/mol. The van der Waals surface area contributed by atoms with E-state index in [0.29, 0.717) is 17.9 Å². The normalized spacial score (nSPS) is 14.2. The van der Waals surface area contributed by atoms with E-state index in [-0.39, 0.29) is 5.91 Å². The molecule has 29 heavy (non-hydrogen) atoms. The van der Waals surface area contributed by atoms with Crippen LogP contribution in [0.15, 0.2) is 54.6 Å². The number of para-hydroxylation sites is 1. The Morgan fingerprint density at radius 2 is 1.83 bits per heavy atom. The Bertz CT molecular complexity index is 978. The van der Waals surface area contributed by atoms with Crippen molar-refractivity contribution in [3.63, 3.8) is 0 Å². The molecule has 0 aliphatic carbocycles. The maximum absolute atomic E-state index is 12.9. The fourth-order valence-electron chi connectivity index (χ4n) is 3.83. The van der Waals surface area contributed by atoms with Crippen LogP contribution in [-0.4, -0.2) is 42.0 Å². The molecule has 0 bridgehead atoms. The van der Waals surface area contributed by atoms with Gasteiger partial charge in [0, 0.05) is 24.2 Å². The van der Waals surface area contributed by atoms with Crippen molar-refractivity contribution in [1.29, 1.82) is 0 Å². The van der Waals surface area contributed by atoms with Crippen LogP contribution in [-0.2, 0) is 6.42 Å². The van der Waals surface area contributed by atoms with Gasteiger partial charge >= 0.3 is 0 Å². The first-order valence-electron chi connectivity index (χ1n) is 10.5. The summed E-state index contributed by atoms with van der Waals surface area (Å²) < 4.78 is 0. The van der Waals surface area contributed by atoms with Gasteiger partial charge in [0.1, 0.15) is 5.82 Å². The zero-order valence-electron chi connectivity index (χ0n) is 16.9. The predicted molar refractivity (Wildman–Crippen MR) is 119 cm³/mol. The van der Waals surface area contributed by atoms with E-state index in [4.69, 9.17) is 4.98 Å². The molecule has 5 nitrogen and oxygen atoms in total. The minimum absolute atomic E-state index is 0.0489. The lowest BCUT2D eigenvalue weighted by Gasteiger charge is -2.15. The summed E-state index contributed by atoms with van der Waals surface area (Å²) in [5.41, 5.74) is 3.72. The van der Waals surface area contributed by atoms with E-state index in [0.717, 1.165) is 42.6 Å². The molecule has 1 aromatic heterocycles. The van der Waals surface area contributed by atoms with Crippen molar-refractivity contribution < 1.29 is 4.79 Å². The number of aromatic nitrogens is 1. The summed E-state index contributed by atoms with van der Waals surface area (Å²) in [6.07, 6.45) is 3.53. The van der Waals surface area contributed by atoms with Crippen LogP contribution < -0.4 is 10.6 Å². The topological polar surface area (TPSA) is 57.3 Å². The average Bonchev–Trinajstić information content (AvgIpc) is 3.27. The van der Waals surface area contributed by atoms with Gasteiger partial charge in [-0.05, 0) is 62.2 Å². The molecule has 2 aromatic carbocycles. The van der Waals surface area contributed by atoms with Gasteiger partial charge in [0.15, 0.2) is 0 Å². The van der Waals surface area contributed by atoms with Crippen LogP contribution in [0.25, 0.3) is 10.9 Å². The van der Waals surface area contributed by atoms with Crippen LogP contribution in [0.4, 0.5) is 11.5 Å². The fraction of sp³-hybridized carbons (Fsp3) is 0.333. The van der Waals surface area contributed by atoms with Gasteiger partial charge in [-0.2, -0.15) is 0 Å². The van der Waals surface area contributed by atoms with Gasteiger partial charge in [0.2, 0.25) is 0 Å². The molecule has 2 N–H and O–H groups in total. The zero-order chi connectivity index (χ0) is 20.1. The molecule has 4 rings (SSSR count). The van der Waals surface area contributed by atoms with Gasteiger partial charge in [-0.15, -0.1) is 0 Å². The highest BCUT2D eigenvalue weighted by Gasteiger charge is 2.15. The van der Waals surface area contributed by atoms with E-state index in [1.165, 1.54) is 18.4 Å². The van der Waals surface area contributed by atoms with Crippen LogP contribution in [0.3, 0.4) is 0 Å². The molecule has 1 fully saturated rings. The lowest BCUT2D eigenvalue weighted by atomic mass is 10.1. The molecule has 150 valence electrons. The SMILES string of the molecule is CCc1ccc(Nc2cc(C(=O)NCCN3CCCC3)c3ccccc3n2)cc1. The van der Waals surface area contributed by atoms with Crippen LogP contribution in [0.5, 0.6) is 0 Å². The number of fused-ring (bicyclic) bond motifs is 1. The first-order chi connectivity index (χ1) is 14.2. The number of carbonyl (C=O) groups is 1. The molecule has 0 spiro atoms. The van der Waals surface area contributed by atoms with E-state index < -0.39 is 0 Å². The smallest absolute Gasteiger partial charge is 0.252 e. The number of hydrogen-bond donors (Lipinski definition) is 2. The number of amides is 1. The van der Waals surface area contributed by atoms with Gasteiger partial charge in [-0.25, -0.2) is 4.98 Å². The molecular weight excluding hydrogens is 360 g/mol. The molecule has 1 aliphatic rings. The summed E-state index contributed by atoms with van der Waals surface area (Å²) in [6.45, 7) is 5.99. The van der Waals surface area contributed by atoms with Crippen molar-refractivity contribution in [2.24, 2.45) is 0 Å². The summed E-state index contributed by atoms with van der Waals surface area (Å²) in [5, 5.41) is 7.31. The number of aryl methyl sites for hydroxylation is 1. The predicted octanol–water partition coefficient (Wildman–Crippen LogP) is 4.37. The van der Waals surface area contributed by atoms with Gasteiger partial charge in [0.25, 0.3) is 5.91 Å². The minimum Gasteiger partial charge on any atom is -0.351 e. The summed E-state index contributed by atoms with van der Waals surface area (Å²) in [5.74, 6) is 0.629. The van der Waals surface area contributed by atoms with Crippen molar-refractivity contribution in [2.75, 3.05) is 31.5 Å². The number of likely N-dealkylation sites (tertiary alicyclic amines) is 1. The van der Waals surface area contributed by atoms with E-state index in [1.807, 2.05) is 42.5 Å². The number of rotatable bonds is 7. The highest BCUT2D eigenvalue weighted by molar-refractivity contribution is 6.07. The van der Waals surface area contributed by atoms with Gasteiger partial charge in [-0.3, -0.25) is 4.79 Å². The zero-order valence-corrected chi connectivity index (χ0v) is 16.9. The lowest BCUT2D eigenvalue weighted by molar-refractivity contribution is 0.0951. The second-order valence-corrected chi connectivity index (χ2v) is 7.55. The summed E-state index contributed by atoms with van der Waals surface area (Å²) in [7, 11) is 0. The van der Waals surface area contributed by atoms with Gasteiger partial charge < -0.3 is 15.5 Å². The average molecular weight is 389 g/mol. The van der Waals surface area contributed by atoms with Crippen LogP contribution in [0.1, 0.15) is 35.7 Å². The molecule has 0 radical (unpaired) electrons. The Morgan fingerprint density at radius 1 is 1.07 bits per heavy atom. The first kappa shape index (κ1) is 19.4. The Morgan fingerprint density at radius 3 is 2.59 bits per heavy atom. The quantitative estimate of drug-likeness (QED) is 0.631. The molecule has 0 unspecified atom stereocenters. The Kier molecular flexibility index (Phi) is 6.06. The summed E-state index contributed by atoms with van der Waals surface area (Å²) in [4.78, 5) is 20.0. The van der Waals surface area contributed by atoms with Crippen molar-refractivity contribution in [3.8, 4) is 0 Å². The molecule has 5 heteroatoms. The Hall–Kier alpha value is -2.92. The molecule has 0 saturated carbocycles. The van der Waals surface area contributed by atoms with Crippen molar-refractivity contribution in [1.82, 2.24) is 15.2 Å². The molecule has 1 amide bonds. The van der Waals surface area contributed by atoms with Gasteiger partial charge in [-0.1, -0.05) is 37.3 Å². The maximum atomic E-state index is 12.9. The number of carbonyl (C=O) groups excluding carboxylic acids is 1. The highest BCUT2D eigenvalue weighted by Crippen LogP contribution is 2.23. The summed E-state index contributed by atoms with van der Waals surface area (Å²) >= 11 is 0. The number of nitrogens with one attached hydrogen (secondary N) is 2. The van der Waals surface area contributed by atoms with E-state index in [2.05, 4.69) is 34.6 Å². The number of pyridine rings is 1. The standard InChI is InChI=1S/C24H28N4O/c1-2-18-9-11-19(12-10-18)26-23-17-21(20-7-3-4-8-22(20)27-23)24(29)25-13-16-28-14-5-6-15-28/h3-4,7-12,17H,2,5-6,13-16H2,1H3,(H,25,29)(H,26,27). The van der Waals surface area contributed by atoms with Crippen molar-refractivity contribution >= 4 is 28.3 Å². The molecule has 3 aromatic rings. The number of hydrogen-bond acceptors (Lipinski definition) is 4. The largest absolute Gasteiger partial charge is 0.351 e. The third-order valence-electron chi connectivity index (χ3n) is 5.51. The molecule has 1 aliphatic heterocycles. The van der Waals surface area contributed by atoms with Crippen LogP contribution in [0, 0.1) is 0 Å². The Balaban J connectivity index is 1.53. The molecular formula is C24H28N4O. The van der Waals surface area contributed by atoms with Crippen molar-refractivity contribution in [2.45, 2.75) is 26.2 Å². The third kappa shape index (κ3) is 4.74. The number of benzene rings is 2. The van der Waals surface area contributed by atoms with E-state index in [1.54, 1.807) is 0 Å². The fourth-order valence-corrected chi connectivity index (χ4v) is 3.83. The van der Waals surface area contributed by atoms with Crippen LogP contribution in [0.2, 0.25) is 0 Å². The minimum atomic E-state index is -0.0489. The highest BCUT2D eigenvalue weighted by atomic mass is 16.1. The molecule has 1 saturated heterocycles. The van der Waals surface area contributed by atoms with Crippen LogP contribution >= 0.6 is 0 Å². The van der Waals surface area contributed by atoms with Gasteiger partial charge in [0.05, 0.1) is 11.1 Å². The Labute approximate surface area is 172 Å². The van der Waals surface area contributed by atoms with E-state index in [9.17, 15) is 4.79 Å². The maximum Gasteiger partial charge on any atom is 0.252 e. The lowest BCUT2D eigenvalue weighted by Crippen LogP contribution is -2.33. The molecule has 0 atom stereocenters. The number of nitrogens with zero attached hydrogens (tertiary/aromatic N) is 2. The second-order valence-electron chi connectivity index (χ2n) is 7.55. The second kappa shape index (κ2) is 9.05. The molecule has 2 heterocycles. The number of anilines is 2. The summed E-state index contributed by atoms with van der Waals surface area (Å²) in [6, 6.07) is 18.0.